The maximum atomic E-state index is 11.3. The Morgan fingerprint density at radius 2 is 1.94 bits per heavy atom. The fourth-order valence-electron chi connectivity index (χ4n) is 1.21. The predicted octanol–water partition coefficient (Wildman–Crippen LogP) is 0.606. The van der Waals surface area contributed by atoms with Crippen molar-refractivity contribution in [1.29, 1.82) is 0 Å². The van der Waals surface area contributed by atoms with E-state index in [9.17, 15) is 9.59 Å². The topological polar surface area (TPSA) is 95.9 Å². The predicted molar refractivity (Wildman–Crippen MR) is 62.8 cm³/mol. The number of alkyl carbamates (subject to hydrolysis) is 1. The molecule has 6 heteroatoms. The molecule has 1 unspecified atom stereocenters. The Kier molecular flexibility index (Phi) is 5.66. The molecule has 0 bridgehead atoms. The van der Waals surface area contributed by atoms with Crippen LogP contribution < -0.4 is 5.32 Å². The minimum Gasteiger partial charge on any atom is -0.481 e. The molecule has 18 heavy (non-hydrogen) atoms. The van der Waals surface area contributed by atoms with Gasteiger partial charge in [0.05, 0.1) is 12.5 Å². The van der Waals surface area contributed by atoms with Gasteiger partial charge in [0.1, 0.15) is 6.61 Å². The molecule has 3 N–H and O–H groups in total. The molecule has 0 fully saturated rings. The minimum atomic E-state index is -1.17. The molecule has 6 nitrogen and oxygen atoms in total. The Hall–Kier alpha value is -2.08. The summed E-state index contributed by atoms with van der Waals surface area (Å²) in [5, 5.41) is 19.7. The van der Waals surface area contributed by atoms with Gasteiger partial charge in [0.15, 0.2) is 0 Å². The number of amides is 1. The van der Waals surface area contributed by atoms with Crippen molar-refractivity contribution in [2.24, 2.45) is 5.92 Å². The van der Waals surface area contributed by atoms with Gasteiger partial charge in [-0.3, -0.25) is 4.79 Å². The smallest absolute Gasteiger partial charge is 0.407 e. The zero-order chi connectivity index (χ0) is 13.4. The SMILES string of the molecule is O=C(NCC(CO)C(=O)O)OCc1ccccc1. The van der Waals surface area contributed by atoms with Crippen molar-refractivity contribution < 1.29 is 24.5 Å². The average Bonchev–Trinajstić information content (AvgIpc) is 2.38. The lowest BCUT2D eigenvalue weighted by Gasteiger charge is -2.10. The Labute approximate surface area is 104 Å². The van der Waals surface area contributed by atoms with Crippen LogP contribution in [0.4, 0.5) is 4.79 Å². The number of aliphatic carboxylic acids is 1. The van der Waals surface area contributed by atoms with E-state index in [1.807, 2.05) is 18.2 Å². The lowest BCUT2D eigenvalue weighted by molar-refractivity contribution is -0.142. The van der Waals surface area contributed by atoms with E-state index in [1.165, 1.54) is 0 Å². The zero-order valence-electron chi connectivity index (χ0n) is 9.70. The van der Waals surface area contributed by atoms with Crippen LogP contribution in [0.25, 0.3) is 0 Å². The molecular weight excluding hydrogens is 238 g/mol. The standard InChI is InChI=1S/C12H15NO5/c14-7-10(11(15)16)6-13-12(17)18-8-9-4-2-1-3-5-9/h1-5,10,14H,6-8H2,(H,13,17)(H,15,16). The van der Waals surface area contributed by atoms with Crippen LogP contribution in [0.1, 0.15) is 5.56 Å². The molecule has 0 aromatic heterocycles. The number of carboxylic acids is 1. The summed E-state index contributed by atoms with van der Waals surface area (Å²) in [5.74, 6) is -2.19. The van der Waals surface area contributed by atoms with Crippen molar-refractivity contribution >= 4 is 12.1 Å². The van der Waals surface area contributed by atoms with Gasteiger partial charge in [-0.15, -0.1) is 0 Å². The van der Waals surface area contributed by atoms with E-state index in [4.69, 9.17) is 14.9 Å². The highest BCUT2D eigenvalue weighted by Crippen LogP contribution is 2.00. The molecule has 0 radical (unpaired) electrons. The molecule has 0 aliphatic carbocycles. The van der Waals surface area contributed by atoms with E-state index in [-0.39, 0.29) is 13.2 Å². The highest BCUT2D eigenvalue weighted by Gasteiger charge is 2.17. The number of carboxylic acid groups (broad SMARTS) is 1. The maximum Gasteiger partial charge on any atom is 0.407 e. The number of carbonyl (C=O) groups excluding carboxylic acids is 1. The summed E-state index contributed by atoms with van der Waals surface area (Å²) < 4.78 is 4.88. The summed E-state index contributed by atoms with van der Waals surface area (Å²) in [7, 11) is 0. The molecule has 98 valence electrons. The fraction of sp³-hybridized carbons (Fsp3) is 0.333. The van der Waals surface area contributed by atoms with Gasteiger partial charge in [-0.05, 0) is 5.56 Å². The lowest BCUT2D eigenvalue weighted by Crippen LogP contribution is -2.35. The number of hydrogen-bond acceptors (Lipinski definition) is 4. The van der Waals surface area contributed by atoms with Gasteiger partial charge in [0, 0.05) is 6.54 Å². The van der Waals surface area contributed by atoms with Crippen LogP contribution in [0.2, 0.25) is 0 Å². The van der Waals surface area contributed by atoms with Gasteiger partial charge >= 0.3 is 12.1 Å². The number of ether oxygens (including phenoxy) is 1. The number of hydrogen-bond donors (Lipinski definition) is 3. The van der Waals surface area contributed by atoms with Gasteiger partial charge in [0.25, 0.3) is 0 Å². The molecule has 1 amide bonds. The van der Waals surface area contributed by atoms with Crippen LogP contribution in [0.15, 0.2) is 30.3 Å². The van der Waals surface area contributed by atoms with Crippen molar-refractivity contribution in [1.82, 2.24) is 5.32 Å². The Morgan fingerprint density at radius 3 is 2.50 bits per heavy atom. The second kappa shape index (κ2) is 7.29. The summed E-state index contributed by atoms with van der Waals surface area (Å²) in [4.78, 5) is 21.8. The van der Waals surface area contributed by atoms with E-state index in [2.05, 4.69) is 5.32 Å². The second-order valence-corrected chi connectivity index (χ2v) is 3.66. The van der Waals surface area contributed by atoms with Crippen molar-refractivity contribution in [3.05, 3.63) is 35.9 Å². The lowest BCUT2D eigenvalue weighted by atomic mass is 10.2. The third kappa shape index (κ3) is 4.84. The monoisotopic (exact) mass is 253 g/mol. The molecule has 0 heterocycles. The number of aliphatic hydroxyl groups excluding tert-OH is 1. The highest BCUT2D eigenvalue weighted by molar-refractivity contribution is 5.72. The maximum absolute atomic E-state index is 11.3. The quantitative estimate of drug-likeness (QED) is 0.690. The minimum absolute atomic E-state index is 0.115. The van der Waals surface area contributed by atoms with Crippen LogP contribution in [0, 0.1) is 5.92 Å². The first-order valence-electron chi connectivity index (χ1n) is 5.41. The van der Waals surface area contributed by atoms with E-state index in [0.717, 1.165) is 5.56 Å². The van der Waals surface area contributed by atoms with Crippen LogP contribution in [-0.4, -0.2) is 35.4 Å². The second-order valence-electron chi connectivity index (χ2n) is 3.66. The van der Waals surface area contributed by atoms with Crippen LogP contribution in [-0.2, 0) is 16.1 Å². The van der Waals surface area contributed by atoms with Crippen molar-refractivity contribution in [3.8, 4) is 0 Å². The van der Waals surface area contributed by atoms with E-state index in [1.54, 1.807) is 12.1 Å². The molecular formula is C12H15NO5. The Morgan fingerprint density at radius 1 is 1.28 bits per heavy atom. The molecule has 1 rings (SSSR count). The molecule has 1 atom stereocenters. The summed E-state index contributed by atoms with van der Waals surface area (Å²) in [6, 6.07) is 9.11. The Balaban J connectivity index is 2.28. The van der Waals surface area contributed by atoms with Gasteiger partial charge in [0.2, 0.25) is 0 Å². The zero-order valence-corrected chi connectivity index (χ0v) is 9.70. The summed E-state index contributed by atoms with van der Waals surface area (Å²) in [6.07, 6.45) is -0.710. The molecule has 0 aliphatic rings. The van der Waals surface area contributed by atoms with Crippen molar-refractivity contribution in [2.75, 3.05) is 13.2 Å². The third-order valence-electron chi connectivity index (χ3n) is 2.28. The number of carbonyl (C=O) groups is 2. The molecule has 0 spiro atoms. The summed E-state index contributed by atoms with van der Waals surface area (Å²) in [5.41, 5.74) is 0.838. The number of aliphatic hydroxyl groups is 1. The normalized spacial score (nSPS) is 11.6. The van der Waals surface area contributed by atoms with Crippen LogP contribution in [0.3, 0.4) is 0 Å². The van der Waals surface area contributed by atoms with Gasteiger partial charge in [-0.2, -0.15) is 0 Å². The van der Waals surface area contributed by atoms with Gasteiger partial charge in [-0.25, -0.2) is 4.79 Å². The fourth-order valence-corrected chi connectivity index (χ4v) is 1.21. The van der Waals surface area contributed by atoms with Crippen molar-refractivity contribution in [3.63, 3.8) is 0 Å². The summed E-state index contributed by atoms with van der Waals surface area (Å²) in [6.45, 7) is -0.586. The van der Waals surface area contributed by atoms with E-state index >= 15 is 0 Å². The highest BCUT2D eigenvalue weighted by atomic mass is 16.5. The van der Waals surface area contributed by atoms with Crippen molar-refractivity contribution in [2.45, 2.75) is 6.61 Å². The first-order valence-corrected chi connectivity index (χ1v) is 5.41. The average molecular weight is 253 g/mol. The van der Waals surface area contributed by atoms with Gasteiger partial charge < -0.3 is 20.3 Å². The number of benzene rings is 1. The molecule has 1 aromatic carbocycles. The van der Waals surface area contributed by atoms with Gasteiger partial charge in [-0.1, -0.05) is 30.3 Å². The first-order chi connectivity index (χ1) is 8.63. The number of rotatable bonds is 6. The van der Waals surface area contributed by atoms with E-state index < -0.39 is 24.6 Å². The third-order valence-corrected chi connectivity index (χ3v) is 2.28. The van der Waals surface area contributed by atoms with E-state index in [0.29, 0.717) is 0 Å². The van der Waals surface area contributed by atoms with Crippen LogP contribution in [0.5, 0.6) is 0 Å². The molecule has 0 saturated carbocycles. The Bertz CT molecular complexity index is 393. The largest absolute Gasteiger partial charge is 0.481 e. The number of nitrogens with one attached hydrogen (secondary N) is 1. The van der Waals surface area contributed by atoms with Crippen LogP contribution >= 0.6 is 0 Å². The summed E-state index contributed by atoms with van der Waals surface area (Å²) >= 11 is 0. The molecule has 1 aromatic rings. The molecule has 0 saturated heterocycles. The molecule has 0 aliphatic heterocycles. The first kappa shape index (κ1) is 14.0.